The summed E-state index contributed by atoms with van der Waals surface area (Å²) in [6.07, 6.45) is 0. The van der Waals surface area contributed by atoms with Crippen molar-refractivity contribution < 1.29 is 14.5 Å². The van der Waals surface area contributed by atoms with Crippen molar-refractivity contribution in [3.63, 3.8) is 0 Å². The topological polar surface area (TPSA) is 88.8 Å². The highest BCUT2D eigenvalue weighted by Crippen LogP contribution is 2.34. The standard InChI is InChI=1S/C20H22N4O4S2/c1-13-3-4-15-18(14(13)2)21-20(30-15)23(8-7-22-9-11-28-12-10-22)19(25)16-5-6-17(29-16)24(26)27/h3-6H,7-12H2,1-2H3. The number of nitrogens with zero attached hydrogens (tertiary/aromatic N) is 4. The summed E-state index contributed by atoms with van der Waals surface area (Å²) >= 11 is 2.37. The minimum Gasteiger partial charge on any atom is -0.379 e. The lowest BCUT2D eigenvalue weighted by atomic mass is 10.1. The minimum absolute atomic E-state index is 0.0396. The third kappa shape index (κ3) is 4.22. The Hall–Kier alpha value is -2.40. The summed E-state index contributed by atoms with van der Waals surface area (Å²) in [6.45, 7) is 8.24. The van der Waals surface area contributed by atoms with Gasteiger partial charge in [-0.05, 0) is 37.1 Å². The average molecular weight is 447 g/mol. The van der Waals surface area contributed by atoms with Crippen molar-refractivity contribution >= 4 is 48.9 Å². The highest BCUT2D eigenvalue weighted by Gasteiger charge is 2.26. The molecule has 0 atom stereocenters. The van der Waals surface area contributed by atoms with Gasteiger partial charge >= 0.3 is 5.00 Å². The van der Waals surface area contributed by atoms with Crippen LogP contribution in [-0.4, -0.2) is 60.1 Å². The minimum atomic E-state index is -0.469. The Morgan fingerprint density at radius 3 is 2.70 bits per heavy atom. The SMILES string of the molecule is Cc1ccc2sc(N(CCN3CCOCC3)C(=O)c3ccc([N+](=O)[O-])s3)nc2c1C. The van der Waals surface area contributed by atoms with Gasteiger partial charge in [0, 0.05) is 32.2 Å². The van der Waals surface area contributed by atoms with E-state index in [1.54, 1.807) is 4.90 Å². The summed E-state index contributed by atoms with van der Waals surface area (Å²) in [5.74, 6) is -0.255. The maximum atomic E-state index is 13.3. The number of anilines is 1. The molecule has 4 rings (SSSR count). The molecule has 10 heteroatoms. The molecule has 0 bridgehead atoms. The number of aryl methyl sites for hydroxylation is 2. The quantitative estimate of drug-likeness (QED) is 0.422. The van der Waals surface area contributed by atoms with Gasteiger partial charge in [0.1, 0.15) is 0 Å². The molecular formula is C20H22N4O4S2. The number of benzene rings is 1. The number of fused-ring (bicyclic) bond motifs is 1. The van der Waals surface area contributed by atoms with Gasteiger partial charge in [0.05, 0.1) is 33.2 Å². The van der Waals surface area contributed by atoms with Crippen LogP contribution < -0.4 is 4.90 Å². The molecule has 2 aromatic heterocycles. The normalized spacial score (nSPS) is 14.9. The van der Waals surface area contributed by atoms with Gasteiger partial charge in [0.2, 0.25) is 0 Å². The fourth-order valence-electron chi connectivity index (χ4n) is 3.35. The van der Waals surface area contributed by atoms with E-state index in [-0.39, 0.29) is 10.9 Å². The van der Waals surface area contributed by atoms with Crippen LogP contribution in [0.5, 0.6) is 0 Å². The highest BCUT2D eigenvalue weighted by molar-refractivity contribution is 7.22. The van der Waals surface area contributed by atoms with Crippen LogP contribution in [0.3, 0.4) is 0 Å². The summed E-state index contributed by atoms with van der Waals surface area (Å²) in [4.78, 5) is 32.9. The van der Waals surface area contributed by atoms with Crippen LogP contribution in [0.25, 0.3) is 10.2 Å². The molecule has 1 aliphatic rings. The second-order valence-corrected chi connectivity index (χ2v) is 9.23. The van der Waals surface area contributed by atoms with Gasteiger partial charge in [-0.1, -0.05) is 28.7 Å². The smallest absolute Gasteiger partial charge is 0.324 e. The number of hydrogen-bond acceptors (Lipinski definition) is 8. The van der Waals surface area contributed by atoms with Crippen LogP contribution in [0.2, 0.25) is 0 Å². The van der Waals surface area contributed by atoms with Crippen molar-refractivity contribution in [2.45, 2.75) is 13.8 Å². The number of rotatable bonds is 6. The monoisotopic (exact) mass is 446 g/mol. The van der Waals surface area contributed by atoms with Crippen molar-refractivity contribution in [2.24, 2.45) is 0 Å². The van der Waals surface area contributed by atoms with E-state index in [9.17, 15) is 14.9 Å². The van der Waals surface area contributed by atoms with E-state index in [0.717, 1.165) is 45.8 Å². The lowest BCUT2D eigenvalue weighted by Crippen LogP contribution is -2.43. The molecule has 3 aromatic rings. The molecule has 0 saturated carbocycles. The number of carbonyl (C=O) groups is 1. The van der Waals surface area contributed by atoms with Crippen LogP contribution in [-0.2, 0) is 4.74 Å². The number of morpholine rings is 1. The number of thiophene rings is 1. The molecule has 0 N–H and O–H groups in total. The molecule has 1 amide bonds. The summed E-state index contributed by atoms with van der Waals surface area (Å²) in [7, 11) is 0. The van der Waals surface area contributed by atoms with Crippen LogP contribution in [0.15, 0.2) is 24.3 Å². The first kappa shape index (κ1) is 20.9. The first-order chi connectivity index (χ1) is 14.4. The molecule has 3 heterocycles. The zero-order valence-corrected chi connectivity index (χ0v) is 18.4. The molecule has 0 radical (unpaired) electrons. The number of nitro groups is 1. The van der Waals surface area contributed by atoms with Gasteiger partial charge in [-0.3, -0.25) is 24.7 Å². The second kappa shape index (κ2) is 8.76. The number of hydrogen-bond donors (Lipinski definition) is 0. The van der Waals surface area contributed by atoms with Gasteiger partial charge in [-0.15, -0.1) is 0 Å². The fourth-order valence-corrected chi connectivity index (χ4v) is 5.17. The Morgan fingerprint density at radius 2 is 2.00 bits per heavy atom. The molecule has 1 aromatic carbocycles. The number of amides is 1. The van der Waals surface area contributed by atoms with Crippen molar-refractivity contribution in [1.29, 1.82) is 0 Å². The predicted octanol–water partition coefficient (Wildman–Crippen LogP) is 3.86. The molecular weight excluding hydrogens is 424 g/mol. The Bertz CT molecular complexity index is 1090. The number of ether oxygens (including phenoxy) is 1. The Kier molecular flexibility index (Phi) is 6.09. The summed E-state index contributed by atoms with van der Waals surface area (Å²) < 4.78 is 6.43. The summed E-state index contributed by atoms with van der Waals surface area (Å²) in [6, 6.07) is 6.99. The molecule has 0 spiro atoms. The number of carbonyl (C=O) groups excluding carboxylic acids is 1. The lowest BCUT2D eigenvalue weighted by Gasteiger charge is -2.29. The molecule has 0 aliphatic carbocycles. The molecule has 8 nitrogen and oxygen atoms in total. The first-order valence-electron chi connectivity index (χ1n) is 9.67. The highest BCUT2D eigenvalue weighted by atomic mass is 32.1. The Morgan fingerprint density at radius 1 is 1.23 bits per heavy atom. The van der Waals surface area contributed by atoms with Crippen LogP contribution in [0.4, 0.5) is 10.1 Å². The third-order valence-electron chi connectivity index (χ3n) is 5.28. The predicted molar refractivity (Wildman–Crippen MR) is 119 cm³/mol. The largest absolute Gasteiger partial charge is 0.379 e. The van der Waals surface area contributed by atoms with Gasteiger partial charge < -0.3 is 4.74 Å². The van der Waals surface area contributed by atoms with Crippen LogP contribution in [0.1, 0.15) is 20.8 Å². The van der Waals surface area contributed by atoms with Gasteiger partial charge in [-0.2, -0.15) is 0 Å². The van der Waals surface area contributed by atoms with Crippen molar-refractivity contribution in [1.82, 2.24) is 9.88 Å². The van der Waals surface area contributed by atoms with E-state index in [1.807, 2.05) is 19.9 Å². The number of thiazole rings is 1. The average Bonchev–Trinajstić information content (AvgIpc) is 3.40. The molecule has 1 saturated heterocycles. The molecule has 1 fully saturated rings. The fraction of sp³-hybridized carbons (Fsp3) is 0.400. The van der Waals surface area contributed by atoms with Crippen LogP contribution >= 0.6 is 22.7 Å². The van der Waals surface area contributed by atoms with E-state index in [4.69, 9.17) is 9.72 Å². The van der Waals surface area contributed by atoms with Crippen molar-refractivity contribution in [2.75, 3.05) is 44.3 Å². The Labute approximate surface area is 181 Å². The van der Waals surface area contributed by atoms with Gasteiger partial charge in [0.25, 0.3) is 5.91 Å². The third-order valence-corrected chi connectivity index (χ3v) is 7.34. The Balaban J connectivity index is 1.66. The summed E-state index contributed by atoms with van der Waals surface area (Å²) in [5, 5.41) is 11.6. The van der Waals surface area contributed by atoms with E-state index in [2.05, 4.69) is 11.0 Å². The molecule has 0 unspecified atom stereocenters. The molecule has 1 aliphatic heterocycles. The molecule has 30 heavy (non-hydrogen) atoms. The zero-order valence-electron chi connectivity index (χ0n) is 16.8. The van der Waals surface area contributed by atoms with Gasteiger partial charge in [0.15, 0.2) is 5.13 Å². The van der Waals surface area contributed by atoms with Crippen molar-refractivity contribution in [3.05, 3.63) is 50.4 Å². The molecule has 158 valence electrons. The summed E-state index contributed by atoms with van der Waals surface area (Å²) in [5.41, 5.74) is 3.15. The maximum Gasteiger partial charge on any atom is 0.324 e. The van der Waals surface area contributed by atoms with E-state index in [1.165, 1.54) is 23.5 Å². The van der Waals surface area contributed by atoms with Gasteiger partial charge in [-0.25, -0.2) is 4.98 Å². The first-order valence-corrected chi connectivity index (χ1v) is 11.3. The van der Waals surface area contributed by atoms with Crippen molar-refractivity contribution in [3.8, 4) is 0 Å². The van der Waals surface area contributed by atoms with Crippen LogP contribution in [0, 0.1) is 24.0 Å². The zero-order chi connectivity index (χ0) is 21.3. The van der Waals surface area contributed by atoms with E-state index in [0.29, 0.717) is 36.3 Å². The maximum absolute atomic E-state index is 13.3. The lowest BCUT2D eigenvalue weighted by molar-refractivity contribution is -0.380. The number of aromatic nitrogens is 1. The van der Waals surface area contributed by atoms with E-state index >= 15 is 0 Å². The van der Waals surface area contributed by atoms with E-state index < -0.39 is 4.92 Å². The second-order valence-electron chi connectivity index (χ2n) is 7.16.